The Morgan fingerprint density at radius 2 is 1.68 bits per heavy atom. The third-order valence-electron chi connectivity index (χ3n) is 3.49. The zero-order valence-electron chi connectivity index (χ0n) is 14.7. The molecule has 2 aromatic rings. The van der Waals surface area contributed by atoms with Gasteiger partial charge in [-0.25, -0.2) is 0 Å². The van der Waals surface area contributed by atoms with Gasteiger partial charge in [-0.2, -0.15) is 17.6 Å². The molecule has 5 nitrogen and oxygen atoms in total. The van der Waals surface area contributed by atoms with Crippen LogP contribution in [-0.4, -0.2) is 26.2 Å². The molecule has 150 valence electrons. The first-order chi connectivity index (χ1) is 13.4. The molecular formula is C19H17F4NO4. The number of carbonyl (C=O) groups is 1. The van der Waals surface area contributed by atoms with Gasteiger partial charge in [-0.15, -0.1) is 0 Å². The van der Waals surface area contributed by atoms with Gasteiger partial charge in [0.15, 0.2) is 11.5 Å². The molecule has 0 radical (unpaired) electrons. The summed E-state index contributed by atoms with van der Waals surface area (Å²) in [5.74, 6) is -0.750. The maximum Gasteiger partial charge on any atom is 0.387 e. The molecule has 0 unspecified atom stereocenters. The molecule has 0 saturated carbocycles. The van der Waals surface area contributed by atoms with Gasteiger partial charge >= 0.3 is 13.2 Å². The van der Waals surface area contributed by atoms with Crippen LogP contribution < -0.4 is 19.5 Å². The smallest absolute Gasteiger partial charge is 0.387 e. The van der Waals surface area contributed by atoms with Crippen LogP contribution in [-0.2, 0) is 11.3 Å². The maximum atomic E-state index is 12.6. The molecule has 0 saturated heterocycles. The largest absolute Gasteiger partial charge is 0.493 e. The number of hydrogen-bond acceptors (Lipinski definition) is 4. The SMILES string of the molecule is COc1cccc(/C=C/C(=O)NCc2ccccc2OC(F)F)c1OC(F)F. The summed E-state index contributed by atoms with van der Waals surface area (Å²) in [7, 11) is 1.30. The average Bonchev–Trinajstić information content (AvgIpc) is 2.65. The zero-order chi connectivity index (χ0) is 20.5. The van der Waals surface area contributed by atoms with Crippen molar-refractivity contribution >= 4 is 12.0 Å². The fourth-order valence-corrected chi connectivity index (χ4v) is 2.31. The summed E-state index contributed by atoms with van der Waals surface area (Å²) in [6, 6.07) is 10.5. The van der Waals surface area contributed by atoms with Crippen LogP contribution >= 0.6 is 0 Å². The summed E-state index contributed by atoms with van der Waals surface area (Å²) in [4.78, 5) is 12.0. The van der Waals surface area contributed by atoms with Gasteiger partial charge < -0.3 is 19.5 Å². The quantitative estimate of drug-likeness (QED) is 0.507. The van der Waals surface area contributed by atoms with Gasteiger partial charge in [-0.3, -0.25) is 4.79 Å². The van der Waals surface area contributed by atoms with Crippen molar-refractivity contribution in [1.82, 2.24) is 5.32 Å². The van der Waals surface area contributed by atoms with Crippen molar-refractivity contribution in [2.45, 2.75) is 19.8 Å². The molecule has 2 rings (SSSR count). The highest BCUT2D eigenvalue weighted by atomic mass is 19.3. The lowest BCUT2D eigenvalue weighted by atomic mass is 10.1. The molecule has 2 aromatic carbocycles. The summed E-state index contributed by atoms with van der Waals surface area (Å²) in [5.41, 5.74) is 0.559. The summed E-state index contributed by atoms with van der Waals surface area (Å²) in [6.45, 7) is -6.12. The highest BCUT2D eigenvalue weighted by Gasteiger charge is 2.14. The van der Waals surface area contributed by atoms with E-state index in [1.54, 1.807) is 12.1 Å². The first-order valence-electron chi connectivity index (χ1n) is 8.01. The number of carbonyl (C=O) groups excluding carboxylic acids is 1. The number of methoxy groups -OCH3 is 1. The number of hydrogen-bond donors (Lipinski definition) is 1. The van der Waals surface area contributed by atoms with Crippen LogP contribution in [0.1, 0.15) is 11.1 Å². The summed E-state index contributed by atoms with van der Waals surface area (Å²) in [5, 5.41) is 2.50. The molecule has 0 heterocycles. The fourth-order valence-electron chi connectivity index (χ4n) is 2.31. The Morgan fingerprint density at radius 3 is 2.36 bits per heavy atom. The minimum absolute atomic E-state index is 0.0535. The number of rotatable bonds is 9. The molecule has 0 aliphatic heterocycles. The number of halogens is 4. The Labute approximate surface area is 158 Å². The summed E-state index contributed by atoms with van der Waals surface area (Å²) in [6.07, 6.45) is 2.38. The standard InChI is InChI=1S/C19H17F4NO4/c1-26-15-8-4-6-12(17(15)28-19(22)23)9-10-16(25)24-11-13-5-2-3-7-14(13)27-18(20)21/h2-10,18-19H,11H2,1H3,(H,24,25)/b10-9+. The molecule has 0 aliphatic carbocycles. The Hall–Kier alpha value is -3.23. The minimum Gasteiger partial charge on any atom is -0.493 e. The number of amides is 1. The number of alkyl halides is 4. The van der Waals surface area contributed by atoms with Crippen molar-refractivity contribution in [2.24, 2.45) is 0 Å². The molecule has 0 bridgehead atoms. The number of benzene rings is 2. The lowest BCUT2D eigenvalue weighted by molar-refractivity contribution is -0.116. The van der Waals surface area contributed by atoms with Gasteiger partial charge in [0.05, 0.1) is 7.11 Å². The fraction of sp³-hybridized carbons (Fsp3) is 0.211. The van der Waals surface area contributed by atoms with Crippen LogP contribution in [0.25, 0.3) is 6.08 Å². The third kappa shape index (κ3) is 6.19. The second kappa shape index (κ2) is 10.2. The Morgan fingerprint density at radius 1 is 1.00 bits per heavy atom. The van der Waals surface area contributed by atoms with Crippen LogP contribution in [0.3, 0.4) is 0 Å². The second-order valence-electron chi connectivity index (χ2n) is 5.29. The van der Waals surface area contributed by atoms with Crippen LogP contribution in [0.4, 0.5) is 17.6 Å². The van der Waals surface area contributed by atoms with Crippen LogP contribution in [0, 0.1) is 0 Å². The monoisotopic (exact) mass is 399 g/mol. The molecule has 9 heteroatoms. The van der Waals surface area contributed by atoms with Crippen LogP contribution in [0.2, 0.25) is 0 Å². The lowest BCUT2D eigenvalue weighted by Crippen LogP contribution is -2.21. The molecule has 0 aromatic heterocycles. The van der Waals surface area contributed by atoms with Crippen molar-refractivity contribution in [3.05, 3.63) is 59.7 Å². The first-order valence-corrected chi connectivity index (χ1v) is 8.01. The molecule has 0 aliphatic rings. The molecule has 28 heavy (non-hydrogen) atoms. The second-order valence-corrected chi connectivity index (χ2v) is 5.29. The molecule has 0 spiro atoms. The van der Waals surface area contributed by atoms with Crippen molar-refractivity contribution < 1.29 is 36.6 Å². The maximum absolute atomic E-state index is 12.6. The van der Waals surface area contributed by atoms with Gasteiger partial charge in [-0.1, -0.05) is 30.3 Å². The van der Waals surface area contributed by atoms with E-state index in [2.05, 4.69) is 14.8 Å². The highest BCUT2D eigenvalue weighted by molar-refractivity contribution is 5.92. The number of para-hydroxylation sites is 2. The van der Waals surface area contributed by atoms with E-state index in [9.17, 15) is 22.4 Å². The van der Waals surface area contributed by atoms with Gasteiger partial charge in [0.25, 0.3) is 0 Å². The Balaban J connectivity index is 2.07. The molecule has 0 fully saturated rings. The van der Waals surface area contributed by atoms with E-state index in [4.69, 9.17) is 4.74 Å². The van der Waals surface area contributed by atoms with E-state index in [0.29, 0.717) is 5.56 Å². The van der Waals surface area contributed by atoms with Crippen molar-refractivity contribution in [3.8, 4) is 17.2 Å². The van der Waals surface area contributed by atoms with E-state index >= 15 is 0 Å². The molecule has 1 N–H and O–H groups in total. The topological polar surface area (TPSA) is 56.8 Å². The van der Waals surface area contributed by atoms with E-state index in [1.165, 1.54) is 43.5 Å². The van der Waals surface area contributed by atoms with E-state index in [1.807, 2.05) is 0 Å². The number of ether oxygens (including phenoxy) is 3. The van der Waals surface area contributed by atoms with Crippen LogP contribution in [0.5, 0.6) is 17.2 Å². The van der Waals surface area contributed by atoms with E-state index < -0.39 is 19.1 Å². The third-order valence-corrected chi connectivity index (χ3v) is 3.49. The molecule has 1 amide bonds. The lowest BCUT2D eigenvalue weighted by Gasteiger charge is -2.12. The van der Waals surface area contributed by atoms with Crippen LogP contribution in [0.15, 0.2) is 48.5 Å². The van der Waals surface area contributed by atoms with E-state index in [-0.39, 0.29) is 29.4 Å². The normalized spacial score (nSPS) is 11.1. The number of nitrogens with one attached hydrogen (secondary N) is 1. The predicted molar refractivity (Wildman–Crippen MR) is 93.6 cm³/mol. The van der Waals surface area contributed by atoms with Gasteiger partial charge in [0, 0.05) is 23.7 Å². The Bertz CT molecular complexity index is 827. The minimum atomic E-state index is -3.07. The highest BCUT2D eigenvalue weighted by Crippen LogP contribution is 2.33. The van der Waals surface area contributed by atoms with Gasteiger partial charge in [0.1, 0.15) is 5.75 Å². The van der Waals surface area contributed by atoms with E-state index in [0.717, 1.165) is 6.08 Å². The first kappa shape index (κ1) is 21.1. The summed E-state index contributed by atoms with van der Waals surface area (Å²) >= 11 is 0. The molecule has 0 atom stereocenters. The molecular weight excluding hydrogens is 382 g/mol. The van der Waals surface area contributed by atoms with Crippen molar-refractivity contribution in [1.29, 1.82) is 0 Å². The zero-order valence-corrected chi connectivity index (χ0v) is 14.7. The average molecular weight is 399 g/mol. The van der Waals surface area contributed by atoms with Crippen molar-refractivity contribution in [2.75, 3.05) is 7.11 Å². The van der Waals surface area contributed by atoms with Crippen molar-refractivity contribution in [3.63, 3.8) is 0 Å². The van der Waals surface area contributed by atoms with Gasteiger partial charge in [0.2, 0.25) is 5.91 Å². The Kier molecular flexibility index (Phi) is 7.67. The predicted octanol–water partition coefficient (Wildman–Crippen LogP) is 4.23. The van der Waals surface area contributed by atoms with Gasteiger partial charge in [-0.05, 0) is 18.2 Å². The summed E-state index contributed by atoms with van der Waals surface area (Å²) < 4.78 is 63.8.